The molecule has 1 N–H and O–H groups in total. The fourth-order valence-electron chi connectivity index (χ4n) is 3.93. The Labute approximate surface area is 186 Å². The molecule has 0 radical (unpaired) electrons. The van der Waals surface area contributed by atoms with E-state index < -0.39 is 0 Å². The zero-order valence-electron chi connectivity index (χ0n) is 18.4. The van der Waals surface area contributed by atoms with Crippen molar-refractivity contribution in [2.75, 3.05) is 13.2 Å². The van der Waals surface area contributed by atoms with Crippen LogP contribution in [0.2, 0.25) is 0 Å². The highest BCUT2D eigenvalue weighted by Gasteiger charge is 2.25. The highest BCUT2D eigenvalue weighted by atomic mass is 16.5. The Morgan fingerprint density at radius 1 is 1.16 bits per heavy atom. The Morgan fingerprint density at radius 2 is 1.94 bits per heavy atom. The number of amides is 1. The van der Waals surface area contributed by atoms with Crippen LogP contribution in [0.3, 0.4) is 0 Å². The van der Waals surface area contributed by atoms with Gasteiger partial charge >= 0.3 is 5.97 Å². The van der Waals surface area contributed by atoms with Gasteiger partial charge in [-0.15, -0.1) is 0 Å². The Kier molecular flexibility index (Phi) is 6.63. The summed E-state index contributed by atoms with van der Waals surface area (Å²) >= 11 is 0. The van der Waals surface area contributed by atoms with Gasteiger partial charge in [0.2, 0.25) is 5.82 Å². The molecule has 9 nitrogen and oxygen atoms in total. The van der Waals surface area contributed by atoms with Crippen LogP contribution in [-0.4, -0.2) is 44.9 Å². The van der Waals surface area contributed by atoms with Crippen molar-refractivity contribution < 1.29 is 18.8 Å². The Bertz CT molecular complexity index is 1100. The van der Waals surface area contributed by atoms with E-state index in [2.05, 4.69) is 22.4 Å². The number of hydrogen-bond acceptors (Lipinski definition) is 7. The second-order valence-electron chi connectivity index (χ2n) is 7.61. The van der Waals surface area contributed by atoms with Crippen molar-refractivity contribution in [3.8, 4) is 23.0 Å². The fraction of sp³-hybridized carbons (Fsp3) is 0.435. The molecule has 32 heavy (non-hydrogen) atoms. The summed E-state index contributed by atoms with van der Waals surface area (Å²) in [5, 5.41) is 11.5. The molecule has 0 aliphatic heterocycles. The molecule has 1 amide bonds. The molecule has 2 aromatic heterocycles. The smallest absolute Gasteiger partial charge is 0.307 e. The molecule has 9 heteroatoms. The van der Waals surface area contributed by atoms with Crippen molar-refractivity contribution in [3.63, 3.8) is 0 Å². The third kappa shape index (κ3) is 4.56. The van der Waals surface area contributed by atoms with E-state index in [-0.39, 0.29) is 24.8 Å². The van der Waals surface area contributed by atoms with Crippen LogP contribution < -0.4 is 5.32 Å². The van der Waals surface area contributed by atoms with E-state index in [4.69, 9.17) is 14.4 Å². The molecule has 0 saturated carbocycles. The SMILES string of the molecule is CCOC(=O)CCNC(=O)c1ccc(-c2noc(-c3nn(CC)c4c3CCCC4)n2)cc1. The number of nitrogens with zero attached hydrogens (tertiary/aromatic N) is 4. The molecule has 0 saturated heterocycles. The maximum absolute atomic E-state index is 12.3. The lowest BCUT2D eigenvalue weighted by Gasteiger charge is -2.12. The fourth-order valence-corrected chi connectivity index (χ4v) is 3.93. The van der Waals surface area contributed by atoms with Gasteiger partial charge in [-0.05, 0) is 51.7 Å². The van der Waals surface area contributed by atoms with E-state index in [1.165, 1.54) is 17.7 Å². The predicted octanol–water partition coefficient (Wildman–Crippen LogP) is 3.18. The molecule has 2 heterocycles. The molecule has 0 fully saturated rings. The number of ether oxygens (including phenoxy) is 1. The molecule has 4 rings (SSSR count). The number of aryl methyl sites for hydroxylation is 1. The minimum Gasteiger partial charge on any atom is -0.466 e. The minimum absolute atomic E-state index is 0.140. The lowest BCUT2D eigenvalue weighted by Crippen LogP contribution is -2.26. The van der Waals surface area contributed by atoms with Gasteiger partial charge in [-0.3, -0.25) is 14.3 Å². The van der Waals surface area contributed by atoms with E-state index in [0.717, 1.165) is 37.1 Å². The average molecular weight is 438 g/mol. The molecule has 1 aromatic carbocycles. The molecule has 3 aromatic rings. The summed E-state index contributed by atoms with van der Waals surface area (Å²) in [7, 11) is 0. The first-order valence-corrected chi connectivity index (χ1v) is 11.1. The zero-order chi connectivity index (χ0) is 22.5. The normalized spacial score (nSPS) is 12.9. The molecular weight excluding hydrogens is 410 g/mol. The standard InChI is InChI=1S/C23H27N5O4/c1-3-28-18-8-6-5-7-17(18)20(26-28)23-25-21(27-32-23)15-9-11-16(12-10-15)22(30)24-14-13-19(29)31-4-2/h9-12H,3-8,13-14H2,1-2H3,(H,24,30). The average Bonchev–Trinajstić information content (AvgIpc) is 3.44. The molecule has 0 atom stereocenters. The van der Waals surface area contributed by atoms with Crippen LogP contribution >= 0.6 is 0 Å². The van der Waals surface area contributed by atoms with Gasteiger partial charge in [0.1, 0.15) is 0 Å². The highest BCUT2D eigenvalue weighted by Crippen LogP contribution is 2.31. The topological polar surface area (TPSA) is 112 Å². The van der Waals surface area contributed by atoms with Gasteiger partial charge in [0.15, 0.2) is 5.69 Å². The maximum atomic E-state index is 12.3. The van der Waals surface area contributed by atoms with E-state index in [1.807, 2.05) is 4.68 Å². The van der Waals surface area contributed by atoms with Crippen LogP contribution in [0.5, 0.6) is 0 Å². The zero-order valence-corrected chi connectivity index (χ0v) is 18.4. The minimum atomic E-state index is -0.332. The lowest BCUT2D eigenvalue weighted by molar-refractivity contribution is -0.142. The van der Waals surface area contributed by atoms with Crippen molar-refractivity contribution in [2.45, 2.75) is 52.5 Å². The van der Waals surface area contributed by atoms with E-state index in [9.17, 15) is 9.59 Å². The van der Waals surface area contributed by atoms with Crippen molar-refractivity contribution in [2.24, 2.45) is 0 Å². The number of fused-ring (bicyclic) bond motifs is 1. The summed E-state index contributed by atoms with van der Waals surface area (Å²) in [6.45, 7) is 5.19. The summed E-state index contributed by atoms with van der Waals surface area (Å²) in [6.07, 6.45) is 4.46. The molecule has 168 valence electrons. The number of aromatic nitrogens is 4. The van der Waals surface area contributed by atoms with Gasteiger partial charge in [-0.1, -0.05) is 17.3 Å². The lowest BCUT2D eigenvalue weighted by atomic mass is 9.95. The number of nitrogens with one attached hydrogen (secondary N) is 1. The molecule has 0 spiro atoms. The van der Waals surface area contributed by atoms with Crippen LogP contribution in [0.15, 0.2) is 28.8 Å². The molecule has 1 aliphatic carbocycles. The Morgan fingerprint density at radius 3 is 2.69 bits per heavy atom. The largest absolute Gasteiger partial charge is 0.466 e. The number of rotatable bonds is 8. The third-order valence-corrected chi connectivity index (χ3v) is 5.51. The first-order chi connectivity index (χ1) is 15.6. The molecule has 1 aliphatic rings. The van der Waals surface area contributed by atoms with Crippen molar-refractivity contribution in [3.05, 3.63) is 41.1 Å². The maximum Gasteiger partial charge on any atom is 0.307 e. The van der Waals surface area contributed by atoms with Crippen molar-refractivity contribution in [1.82, 2.24) is 25.2 Å². The summed E-state index contributed by atoms with van der Waals surface area (Å²) in [4.78, 5) is 28.2. The molecule has 0 bridgehead atoms. The van der Waals surface area contributed by atoms with Crippen molar-refractivity contribution in [1.29, 1.82) is 0 Å². The Balaban J connectivity index is 1.44. The van der Waals surface area contributed by atoms with Gasteiger partial charge in [0.25, 0.3) is 11.8 Å². The number of esters is 1. The molecule has 0 unspecified atom stereocenters. The number of carbonyl (C=O) groups is 2. The van der Waals surface area contributed by atoms with Gasteiger partial charge in [-0.25, -0.2) is 0 Å². The second-order valence-corrected chi connectivity index (χ2v) is 7.61. The third-order valence-electron chi connectivity index (χ3n) is 5.51. The first-order valence-electron chi connectivity index (χ1n) is 11.1. The van der Waals surface area contributed by atoms with Crippen LogP contribution in [0.4, 0.5) is 0 Å². The van der Waals surface area contributed by atoms with E-state index in [0.29, 0.717) is 23.9 Å². The first kappa shape index (κ1) is 21.7. The van der Waals surface area contributed by atoms with Crippen LogP contribution in [0.1, 0.15) is 54.7 Å². The van der Waals surface area contributed by atoms with Crippen molar-refractivity contribution >= 4 is 11.9 Å². The summed E-state index contributed by atoms with van der Waals surface area (Å²) in [6, 6.07) is 6.93. The van der Waals surface area contributed by atoms with Gasteiger partial charge in [0, 0.05) is 35.5 Å². The number of hydrogen-bond donors (Lipinski definition) is 1. The highest BCUT2D eigenvalue weighted by molar-refractivity contribution is 5.94. The quantitative estimate of drug-likeness (QED) is 0.539. The molecular formula is C23H27N5O4. The van der Waals surface area contributed by atoms with Crippen LogP contribution in [0.25, 0.3) is 23.0 Å². The van der Waals surface area contributed by atoms with Gasteiger partial charge < -0.3 is 14.6 Å². The van der Waals surface area contributed by atoms with E-state index >= 15 is 0 Å². The van der Waals surface area contributed by atoms with Gasteiger partial charge in [0.05, 0.1) is 13.0 Å². The van der Waals surface area contributed by atoms with Gasteiger partial charge in [-0.2, -0.15) is 10.1 Å². The van der Waals surface area contributed by atoms with Crippen LogP contribution in [0, 0.1) is 0 Å². The summed E-state index contributed by atoms with van der Waals surface area (Å²) in [5.74, 6) is 0.281. The Hall–Kier alpha value is -3.49. The number of benzene rings is 1. The summed E-state index contributed by atoms with van der Waals surface area (Å²) in [5.41, 5.74) is 4.48. The predicted molar refractivity (Wildman–Crippen MR) is 117 cm³/mol. The monoisotopic (exact) mass is 437 g/mol. The van der Waals surface area contributed by atoms with E-state index in [1.54, 1.807) is 31.2 Å². The number of carbonyl (C=O) groups excluding carboxylic acids is 2. The summed E-state index contributed by atoms with van der Waals surface area (Å²) < 4.78 is 12.4. The second kappa shape index (κ2) is 9.76. The van der Waals surface area contributed by atoms with Crippen LogP contribution in [-0.2, 0) is 28.9 Å².